The molecule has 3 amide bonds. The molecule has 5 rings (SSSR count). The molecule has 1 fully saturated rings. The highest BCUT2D eigenvalue weighted by Gasteiger charge is 2.55. The zero-order valence-corrected chi connectivity index (χ0v) is 17.8. The third-order valence-corrected chi connectivity index (χ3v) is 6.40. The molecule has 3 atom stereocenters. The zero-order chi connectivity index (χ0) is 22.2. The fraction of sp³-hybridized carbons (Fsp3) is 0.208. The zero-order valence-electron chi connectivity index (χ0n) is 17.1. The summed E-state index contributed by atoms with van der Waals surface area (Å²) in [4.78, 5) is 33.9. The van der Waals surface area contributed by atoms with E-state index in [1.807, 2.05) is 24.3 Å². The fourth-order valence-corrected chi connectivity index (χ4v) is 4.83. The summed E-state index contributed by atoms with van der Waals surface area (Å²) in [6.07, 6.45) is 1.57. The molecular weight excluding hydrogens is 428 g/mol. The van der Waals surface area contributed by atoms with Crippen LogP contribution in [0.1, 0.15) is 22.0 Å². The van der Waals surface area contributed by atoms with E-state index in [-0.39, 0.29) is 36.5 Å². The van der Waals surface area contributed by atoms with Gasteiger partial charge in [-0.2, -0.15) is 0 Å². The number of anilines is 2. The Kier molecular flexibility index (Phi) is 5.28. The van der Waals surface area contributed by atoms with E-state index in [1.165, 1.54) is 0 Å². The molecule has 7 nitrogen and oxygen atoms in total. The lowest BCUT2D eigenvalue weighted by atomic mass is 9.72. The Morgan fingerprint density at radius 1 is 1.06 bits per heavy atom. The summed E-state index contributed by atoms with van der Waals surface area (Å²) in [7, 11) is 0. The molecule has 0 radical (unpaired) electrons. The smallest absolute Gasteiger partial charge is 0.326 e. The quantitative estimate of drug-likeness (QED) is 0.639. The lowest BCUT2D eigenvalue weighted by molar-refractivity contribution is -0.0245. The molecule has 0 unspecified atom stereocenters. The van der Waals surface area contributed by atoms with Crippen molar-refractivity contribution >= 4 is 34.9 Å². The van der Waals surface area contributed by atoms with Gasteiger partial charge in [0, 0.05) is 35.1 Å². The van der Waals surface area contributed by atoms with Crippen LogP contribution in [0, 0.1) is 0 Å². The van der Waals surface area contributed by atoms with Crippen molar-refractivity contribution in [2.75, 3.05) is 23.4 Å². The summed E-state index contributed by atoms with van der Waals surface area (Å²) in [6.45, 7) is 0.154. The first kappa shape index (κ1) is 20.5. The van der Waals surface area contributed by atoms with E-state index >= 15 is 0 Å². The Morgan fingerprint density at radius 3 is 2.53 bits per heavy atom. The number of urea groups is 1. The summed E-state index contributed by atoms with van der Waals surface area (Å²) in [5, 5.41) is 13.6. The second-order valence-electron chi connectivity index (χ2n) is 7.88. The number of amides is 3. The van der Waals surface area contributed by atoms with Crippen molar-refractivity contribution in [2.24, 2.45) is 0 Å². The van der Waals surface area contributed by atoms with Crippen LogP contribution >= 0.6 is 11.6 Å². The number of pyridine rings is 1. The fourth-order valence-electron chi connectivity index (χ4n) is 4.70. The van der Waals surface area contributed by atoms with E-state index < -0.39 is 0 Å². The largest absolute Gasteiger partial charge is 0.394 e. The minimum absolute atomic E-state index is 0.0524. The van der Waals surface area contributed by atoms with Crippen LogP contribution in [0.4, 0.5) is 16.2 Å². The molecule has 162 valence electrons. The van der Waals surface area contributed by atoms with Crippen LogP contribution < -0.4 is 10.2 Å². The van der Waals surface area contributed by atoms with E-state index in [2.05, 4.69) is 10.3 Å². The van der Waals surface area contributed by atoms with Crippen molar-refractivity contribution in [3.05, 3.63) is 89.2 Å². The normalized spacial score (nSPS) is 21.2. The highest BCUT2D eigenvalue weighted by molar-refractivity contribution is 6.30. The molecule has 2 aromatic carbocycles. The van der Waals surface area contributed by atoms with Crippen molar-refractivity contribution in [2.45, 2.75) is 18.0 Å². The van der Waals surface area contributed by atoms with Crippen LogP contribution in [0.15, 0.2) is 72.9 Å². The second-order valence-corrected chi connectivity index (χ2v) is 8.31. The Labute approximate surface area is 190 Å². The van der Waals surface area contributed by atoms with Gasteiger partial charge in [0.1, 0.15) is 5.69 Å². The van der Waals surface area contributed by atoms with Crippen molar-refractivity contribution in [1.29, 1.82) is 0 Å². The number of rotatable bonds is 3. The molecule has 0 saturated carbocycles. The average molecular weight is 449 g/mol. The Morgan fingerprint density at radius 2 is 1.81 bits per heavy atom. The Balaban J connectivity index is 1.46. The third-order valence-electron chi connectivity index (χ3n) is 6.15. The van der Waals surface area contributed by atoms with E-state index in [4.69, 9.17) is 11.6 Å². The number of hydrogen-bond donors (Lipinski definition) is 2. The van der Waals surface area contributed by atoms with Gasteiger partial charge in [-0.25, -0.2) is 4.79 Å². The molecule has 0 spiro atoms. The number of likely N-dealkylation sites (tertiary alicyclic amines) is 1. The lowest BCUT2D eigenvalue weighted by Crippen LogP contribution is -2.71. The molecular formula is C24H21ClN4O3. The van der Waals surface area contributed by atoms with Crippen LogP contribution in [0.5, 0.6) is 0 Å². The SMILES string of the molecule is O=C(Nc1ccc(Cl)cc1)N1C[C@@H]2[C@H](c3ccccc31)[C@H](CO)N2C(=O)c1ccccn1. The summed E-state index contributed by atoms with van der Waals surface area (Å²) < 4.78 is 0. The number of aromatic nitrogens is 1. The topological polar surface area (TPSA) is 85.8 Å². The van der Waals surface area contributed by atoms with E-state index in [1.54, 1.807) is 58.5 Å². The van der Waals surface area contributed by atoms with Crippen LogP contribution in [0.25, 0.3) is 0 Å². The summed E-state index contributed by atoms with van der Waals surface area (Å²) in [5.41, 5.74) is 2.67. The monoisotopic (exact) mass is 448 g/mol. The number of benzene rings is 2. The number of nitrogens with one attached hydrogen (secondary N) is 1. The Bertz CT molecular complexity index is 1160. The van der Waals surface area contributed by atoms with Gasteiger partial charge < -0.3 is 15.3 Å². The molecule has 2 N–H and O–H groups in total. The minimum Gasteiger partial charge on any atom is -0.394 e. The summed E-state index contributed by atoms with van der Waals surface area (Å²) in [5.74, 6) is -0.299. The number of carbonyl (C=O) groups excluding carboxylic acids is 2. The van der Waals surface area contributed by atoms with Crippen molar-refractivity contribution in [1.82, 2.24) is 9.88 Å². The van der Waals surface area contributed by atoms with Gasteiger partial charge in [0.2, 0.25) is 0 Å². The number of carbonyl (C=O) groups is 2. The number of hydrogen-bond acceptors (Lipinski definition) is 4. The Hall–Kier alpha value is -3.42. The van der Waals surface area contributed by atoms with Crippen molar-refractivity contribution in [3.63, 3.8) is 0 Å². The molecule has 2 aliphatic heterocycles. The van der Waals surface area contributed by atoms with Gasteiger partial charge in [0.25, 0.3) is 5.91 Å². The molecule has 1 saturated heterocycles. The van der Waals surface area contributed by atoms with Gasteiger partial charge in [-0.3, -0.25) is 14.7 Å². The lowest BCUT2D eigenvalue weighted by Gasteiger charge is -2.58. The number of fused-ring (bicyclic) bond motifs is 3. The number of aliphatic hydroxyl groups excluding tert-OH is 1. The highest BCUT2D eigenvalue weighted by Crippen LogP contribution is 2.48. The predicted octanol–water partition coefficient (Wildman–Crippen LogP) is 3.76. The first-order chi connectivity index (χ1) is 15.6. The number of halogens is 1. The molecule has 0 bridgehead atoms. The van der Waals surface area contributed by atoms with Gasteiger partial charge in [0.05, 0.1) is 18.7 Å². The molecule has 32 heavy (non-hydrogen) atoms. The predicted molar refractivity (Wildman–Crippen MR) is 122 cm³/mol. The maximum Gasteiger partial charge on any atom is 0.326 e. The standard InChI is InChI=1S/C24H21ClN4O3/c25-15-8-10-16(11-9-15)27-24(32)28-13-20-22(17-5-1-2-7-19(17)28)21(14-30)29(20)23(31)18-6-3-4-12-26-18/h1-12,20-22,30H,13-14H2,(H,27,32)/t20-,21+,22+/m1/s1. The molecule has 3 heterocycles. The maximum absolute atomic E-state index is 13.2. The first-order valence-electron chi connectivity index (χ1n) is 10.4. The highest BCUT2D eigenvalue weighted by atomic mass is 35.5. The minimum atomic E-state index is -0.364. The van der Waals surface area contributed by atoms with Crippen LogP contribution in [-0.2, 0) is 0 Å². The van der Waals surface area contributed by atoms with Crippen LogP contribution in [0.3, 0.4) is 0 Å². The summed E-state index contributed by atoms with van der Waals surface area (Å²) in [6, 6.07) is 18.8. The van der Waals surface area contributed by atoms with Crippen molar-refractivity contribution < 1.29 is 14.7 Å². The van der Waals surface area contributed by atoms with Gasteiger partial charge in [-0.05, 0) is 48.0 Å². The maximum atomic E-state index is 13.2. The van der Waals surface area contributed by atoms with Gasteiger partial charge >= 0.3 is 6.03 Å². The number of para-hydroxylation sites is 1. The van der Waals surface area contributed by atoms with E-state index in [0.717, 1.165) is 11.3 Å². The molecule has 1 aromatic heterocycles. The molecule has 2 aliphatic rings. The molecule has 3 aromatic rings. The van der Waals surface area contributed by atoms with Gasteiger partial charge in [-0.15, -0.1) is 0 Å². The van der Waals surface area contributed by atoms with E-state index in [0.29, 0.717) is 22.9 Å². The van der Waals surface area contributed by atoms with Gasteiger partial charge in [0.15, 0.2) is 0 Å². The molecule has 0 aliphatic carbocycles. The van der Waals surface area contributed by atoms with Crippen LogP contribution in [0.2, 0.25) is 5.02 Å². The number of aliphatic hydroxyl groups is 1. The van der Waals surface area contributed by atoms with Gasteiger partial charge in [-0.1, -0.05) is 35.9 Å². The van der Waals surface area contributed by atoms with Crippen LogP contribution in [-0.4, -0.2) is 52.2 Å². The average Bonchev–Trinajstić information content (AvgIpc) is 2.81. The second kappa shape index (κ2) is 8.26. The van der Waals surface area contributed by atoms with E-state index in [9.17, 15) is 14.7 Å². The van der Waals surface area contributed by atoms with Crippen molar-refractivity contribution in [3.8, 4) is 0 Å². The first-order valence-corrected chi connectivity index (χ1v) is 10.7. The molecule has 8 heteroatoms. The summed E-state index contributed by atoms with van der Waals surface area (Å²) >= 11 is 5.94. The number of nitrogens with zero attached hydrogens (tertiary/aromatic N) is 3. The third kappa shape index (κ3) is 3.39.